The van der Waals surface area contributed by atoms with Crippen molar-refractivity contribution in [3.8, 4) is 0 Å². The van der Waals surface area contributed by atoms with Gasteiger partial charge in [-0.15, -0.1) is 0 Å². The van der Waals surface area contributed by atoms with Gasteiger partial charge in [-0.25, -0.2) is 0 Å². The number of thiocarbonyl (C=S) groups is 1. The first-order valence-electron chi connectivity index (χ1n) is 6.30. The van der Waals surface area contributed by atoms with Crippen molar-refractivity contribution in [1.82, 2.24) is 9.80 Å². The second kappa shape index (κ2) is 8.16. The maximum absolute atomic E-state index is 8.47. The fraction of sp³-hybridized carbons (Fsp3) is 0.909. The Morgan fingerprint density at radius 1 is 1.35 bits per heavy atom. The second-order valence-corrected chi connectivity index (χ2v) is 5.44. The van der Waals surface area contributed by atoms with Crippen LogP contribution in [0.5, 0.6) is 0 Å². The molecule has 3 aliphatic heterocycles. The first-order valence-corrected chi connectivity index (χ1v) is 7.11. The van der Waals surface area contributed by atoms with E-state index >= 15 is 0 Å². The molecule has 2 N–H and O–H groups in total. The number of hydrogen-bond donors (Lipinski definition) is 2. The number of rotatable bonds is 3. The number of aliphatic hydroxyl groups is 1. The largest absolute Gasteiger partial charge is 0.411 e. The van der Waals surface area contributed by atoms with E-state index in [4.69, 9.17) is 30.0 Å². The van der Waals surface area contributed by atoms with Crippen LogP contribution in [0.15, 0.2) is 0 Å². The molecule has 100 valence electrons. The van der Waals surface area contributed by atoms with Crippen molar-refractivity contribution in [3.05, 3.63) is 0 Å². The van der Waals surface area contributed by atoms with Crippen LogP contribution < -0.4 is 4.90 Å². The van der Waals surface area contributed by atoms with Crippen LogP contribution in [-0.2, 0) is 12.6 Å². The standard InChI is InChI=1S/C6H12N2.C5H11NOS2/c1-2-8-5-3-7(1)4-6-8;1-2-6(3-4-7)5(8)9/h1-6H2;7H,2-4H2,1H3,(H,8,9). The number of likely N-dealkylation sites (N-methyl/N-ethyl adjacent to an activating group) is 1. The minimum Gasteiger partial charge on any atom is -0.411 e. The van der Waals surface area contributed by atoms with Crippen LogP contribution in [0.25, 0.3) is 0 Å². The molecule has 0 radical (unpaired) electrons. The molecule has 0 atom stereocenters. The number of hydrogen-bond acceptors (Lipinski definition) is 4. The summed E-state index contributed by atoms with van der Waals surface area (Å²) in [5.74, 6) is 0. The fourth-order valence-electron chi connectivity index (χ4n) is 2.16. The Bertz CT molecular complexity index is 210. The lowest BCUT2D eigenvalue weighted by atomic mass is 10.2. The molecule has 0 unspecified atom stereocenters. The number of nitrogens with one attached hydrogen (secondary N) is 1. The molecule has 0 amide bonds. The topological polar surface area (TPSA) is 31.2 Å². The van der Waals surface area contributed by atoms with Crippen LogP contribution in [0.2, 0.25) is 0 Å². The maximum Gasteiger partial charge on any atom is 0.0901 e. The van der Waals surface area contributed by atoms with Gasteiger partial charge in [0.25, 0.3) is 0 Å². The van der Waals surface area contributed by atoms with Gasteiger partial charge in [-0.3, -0.25) is 4.90 Å². The minimum atomic E-state index is 0.116. The van der Waals surface area contributed by atoms with E-state index in [2.05, 4.69) is 4.90 Å². The van der Waals surface area contributed by atoms with Crippen LogP contribution in [0.4, 0.5) is 0 Å². The number of piperazine rings is 3. The van der Waals surface area contributed by atoms with Gasteiger partial charge in [-0.1, -0.05) is 4.32 Å². The average Bonchev–Trinajstić information content (AvgIpc) is 2.38. The monoisotopic (exact) mass is 277 g/mol. The number of fused-ring (bicyclic) bond motifs is 3. The molecule has 0 saturated carbocycles. The molecule has 0 aromatic rings. The summed E-state index contributed by atoms with van der Waals surface area (Å²) in [6.45, 7) is 11.7. The highest BCUT2D eigenvalue weighted by Crippen LogP contribution is 1.91. The lowest BCUT2D eigenvalue weighted by Crippen LogP contribution is -3.17. The smallest absolute Gasteiger partial charge is 0.0901 e. The Hall–Kier alpha value is -0.0100. The Morgan fingerprint density at radius 3 is 2.00 bits per heavy atom. The molecule has 3 aliphatic rings. The molecule has 0 aliphatic carbocycles. The van der Waals surface area contributed by atoms with Gasteiger partial charge in [0.1, 0.15) is 0 Å². The van der Waals surface area contributed by atoms with Crippen molar-refractivity contribution >= 4 is 29.2 Å². The molecule has 17 heavy (non-hydrogen) atoms. The highest BCUT2D eigenvalue weighted by molar-refractivity contribution is 8.00. The summed E-state index contributed by atoms with van der Waals surface area (Å²) < 4.78 is 0.437. The molecule has 0 aromatic carbocycles. The Kier molecular flexibility index (Phi) is 7.22. The zero-order valence-corrected chi connectivity index (χ0v) is 12.2. The predicted octanol–water partition coefficient (Wildman–Crippen LogP) is -1.67. The van der Waals surface area contributed by atoms with Crippen molar-refractivity contribution in [2.45, 2.75) is 6.92 Å². The van der Waals surface area contributed by atoms with Gasteiger partial charge in [0.15, 0.2) is 0 Å². The molecular formula is C11H23N3OS2. The summed E-state index contributed by atoms with van der Waals surface area (Å²) in [6.07, 6.45) is 0. The lowest BCUT2D eigenvalue weighted by Gasteiger charge is -2.38. The summed E-state index contributed by atoms with van der Waals surface area (Å²) in [5.41, 5.74) is 0. The normalized spacial score (nSPS) is 26.0. The Labute approximate surface area is 115 Å². The van der Waals surface area contributed by atoms with Crippen molar-refractivity contribution < 1.29 is 10.0 Å². The third-order valence-electron chi connectivity index (χ3n) is 3.35. The molecular weight excluding hydrogens is 254 g/mol. The SMILES string of the molecule is C1C[NH+]2CCN1CC2.CCN(CCO)C(=S)[S-]. The van der Waals surface area contributed by atoms with E-state index < -0.39 is 0 Å². The summed E-state index contributed by atoms with van der Waals surface area (Å²) in [7, 11) is 0. The fourth-order valence-corrected chi connectivity index (χ4v) is 2.60. The van der Waals surface area contributed by atoms with Gasteiger partial charge in [-0.2, -0.15) is 0 Å². The molecule has 3 fully saturated rings. The maximum atomic E-state index is 8.47. The van der Waals surface area contributed by atoms with Gasteiger partial charge in [0, 0.05) is 32.7 Å². The predicted molar refractivity (Wildman–Crippen MR) is 76.3 cm³/mol. The summed E-state index contributed by atoms with van der Waals surface area (Å²) in [4.78, 5) is 6.16. The van der Waals surface area contributed by atoms with E-state index in [9.17, 15) is 0 Å². The van der Waals surface area contributed by atoms with Gasteiger partial charge in [-0.05, 0) is 6.92 Å². The van der Waals surface area contributed by atoms with Crippen LogP contribution in [0, 0.1) is 0 Å². The first-order chi connectivity index (χ1) is 8.17. The summed E-state index contributed by atoms with van der Waals surface area (Å²) in [6, 6.07) is 0. The van der Waals surface area contributed by atoms with Gasteiger partial charge in [0.2, 0.25) is 0 Å². The van der Waals surface area contributed by atoms with E-state index in [1.165, 1.54) is 39.3 Å². The molecule has 0 aromatic heterocycles. The van der Waals surface area contributed by atoms with Gasteiger partial charge < -0.3 is 39.8 Å². The Balaban J connectivity index is 0.000000170. The van der Waals surface area contributed by atoms with Crippen LogP contribution in [0.1, 0.15) is 6.92 Å². The molecule has 0 spiro atoms. The highest BCUT2D eigenvalue weighted by Gasteiger charge is 2.25. The zero-order chi connectivity index (χ0) is 12.7. The Morgan fingerprint density at radius 2 is 1.88 bits per heavy atom. The molecule has 2 bridgehead atoms. The molecule has 3 heterocycles. The van der Waals surface area contributed by atoms with Gasteiger partial charge >= 0.3 is 0 Å². The third kappa shape index (κ3) is 5.44. The van der Waals surface area contributed by atoms with Crippen molar-refractivity contribution in [3.63, 3.8) is 0 Å². The van der Waals surface area contributed by atoms with E-state index in [1.807, 2.05) is 11.8 Å². The van der Waals surface area contributed by atoms with Crippen molar-refractivity contribution in [2.24, 2.45) is 0 Å². The van der Waals surface area contributed by atoms with E-state index in [0.717, 1.165) is 6.54 Å². The van der Waals surface area contributed by atoms with E-state index in [1.54, 1.807) is 4.90 Å². The molecule has 3 saturated heterocycles. The molecule has 4 nitrogen and oxygen atoms in total. The van der Waals surface area contributed by atoms with Crippen LogP contribution in [0.3, 0.4) is 0 Å². The number of quaternary nitrogens is 1. The second-order valence-electron chi connectivity index (χ2n) is 4.41. The first kappa shape index (κ1) is 15.0. The van der Waals surface area contributed by atoms with E-state index in [0.29, 0.717) is 10.9 Å². The van der Waals surface area contributed by atoms with Crippen molar-refractivity contribution in [2.75, 3.05) is 59.0 Å². The zero-order valence-electron chi connectivity index (χ0n) is 10.5. The molecule has 3 rings (SSSR count). The average molecular weight is 277 g/mol. The highest BCUT2D eigenvalue weighted by atomic mass is 32.1. The number of aliphatic hydroxyl groups excluding tert-OH is 1. The summed E-state index contributed by atoms with van der Waals surface area (Å²) in [5, 5.41) is 8.47. The third-order valence-corrected chi connectivity index (χ3v) is 3.87. The summed E-state index contributed by atoms with van der Waals surface area (Å²) >= 11 is 9.42. The van der Waals surface area contributed by atoms with Gasteiger partial charge in [0.05, 0.1) is 26.2 Å². The van der Waals surface area contributed by atoms with Crippen molar-refractivity contribution in [1.29, 1.82) is 0 Å². The minimum absolute atomic E-state index is 0.116. The number of nitrogens with zero attached hydrogens (tertiary/aromatic N) is 2. The molecule has 6 heteroatoms. The lowest BCUT2D eigenvalue weighted by molar-refractivity contribution is -0.914. The van der Waals surface area contributed by atoms with E-state index in [-0.39, 0.29) is 6.61 Å². The van der Waals surface area contributed by atoms with Crippen LogP contribution >= 0.6 is 12.2 Å². The quantitative estimate of drug-likeness (QED) is 0.476. The van der Waals surface area contributed by atoms with Crippen LogP contribution in [-0.4, -0.2) is 78.2 Å².